The molecule has 1 N–H and O–H groups in total. The van der Waals surface area contributed by atoms with E-state index in [2.05, 4.69) is 25.3 Å². The Hall–Kier alpha value is -2.04. The molecule has 0 bridgehead atoms. The molecule has 5 nitrogen and oxygen atoms in total. The highest BCUT2D eigenvalue weighted by Crippen LogP contribution is 2.41. The summed E-state index contributed by atoms with van der Waals surface area (Å²) in [6.45, 7) is 3.95. The van der Waals surface area contributed by atoms with Crippen LogP contribution in [0.1, 0.15) is 36.1 Å². The third kappa shape index (κ3) is 2.86. The molecule has 1 aliphatic carbocycles. The molecular formula is C14H17N5. The van der Waals surface area contributed by atoms with E-state index in [-0.39, 0.29) is 6.04 Å². The van der Waals surface area contributed by atoms with Crippen molar-refractivity contribution in [2.24, 2.45) is 5.92 Å². The fourth-order valence-electron chi connectivity index (χ4n) is 2.13. The molecule has 1 aliphatic rings. The van der Waals surface area contributed by atoms with Crippen LogP contribution in [0.5, 0.6) is 0 Å². The van der Waals surface area contributed by atoms with E-state index in [0.717, 1.165) is 23.0 Å². The van der Waals surface area contributed by atoms with Crippen LogP contribution in [0, 0.1) is 19.8 Å². The summed E-state index contributed by atoms with van der Waals surface area (Å²) >= 11 is 0. The Morgan fingerprint density at radius 2 is 2.00 bits per heavy atom. The van der Waals surface area contributed by atoms with Gasteiger partial charge in [0.15, 0.2) is 5.82 Å². The average Bonchev–Trinajstić information content (AvgIpc) is 3.20. The van der Waals surface area contributed by atoms with E-state index in [1.165, 1.54) is 12.8 Å². The van der Waals surface area contributed by atoms with Crippen LogP contribution in [0.25, 0.3) is 0 Å². The highest BCUT2D eigenvalue weighted by atomic mass is 15.1. The number of aryl methyl sites for hydroxylation is 2. The van der Waals surface area contributed by atoms with E-state index < -0.39 is 0 Å². The summed E-state index contributed by atoms with van der Waals surface area (Å²) in [6.07, 6.45) is 5.84. The van der Waals surface area contributed by atoms with Crippen LogP contribution in [0.2, 0.25) is 0 Å². The van der Waals surface area contributed by atoms with E-state index in [0.29, 0.717) is 5.92 Å². The topological polar surface area (TPSA) is 63.6 Å². The predicted molar refractivity (Wildman–Crippen MR) is 72.6 cm³/mol. The van der Waals surface area contributed by atoms with Gasteiger partial charge in [0.2, 0.25) is 0 Å². The molecule has 5 heteroatoms. The fourth-order valence-corrected chi connectivity index (χ4v) is 2.13. The first kappa shape index (κ1) is 12.0. The maximum Gasteiger partial charge on any atom is 0.151 e. The molecule has 0 unspecified atom stereocenters. The second kappa shape index (κ2) is 4.91. The minimum Gasteiger partial charge on any atom is -0.360 e. The third-order valence-electron chi connectivity index (χ3n) is 3.29. The van der Waals surface area contributed by atoms with Crippen molar-refractivity contribution < 1.29 is 0 Å². The summed E-state index contributed by atoms with van der Waals surface area (Å²) in [5, 5.41) is 3.45. The van der Waals surface area contributed by atoms with Gasteiger partial charge in [-0.05, 0) is 38.7 Å². The molecule has 0 amide bonds. The van der Waals surface area contributed by atoms with Gasteiger partial charge in [-0.15, -0.1) is 0 Å². The number of aromatic nitrogens is 4. The minimum atomic E-state index is 0.147. The molecule has 0 radical (unpaired) electrons. The molecule has 0 aliphatic heterocycles. The summed E-state index contributed by atoms with van der Waals surface area (Å²) in [7, 11) is 0. The number of rotatable bonds is 4. The number of hydrogen-bond donors (Lipinski definition) is 1. The van der Waals surface area contributed by atoms with Crippen molar-refractivity contribution in [2.45, 2.75) is 32.7 Å². The van der Waals surface area contributed by atoms with Crippen LogP contribution < -0.4 is 5.32 Å². The summed E-state index contributed by atoms with van der Waals surface area (Å²) in [4.78, 5) is 17.3. The normalized spacial score (nSPS) is 16.1. The number of nitrogens with one attached hydrogen (secondary N) is 1. The number of anilines is 1. The molecule has 2 heterocycles. The lowest BCUT2D eigenvalue weighted by Gasteiger charge is -2.17. The van der Waals surface area contributed by atoms with Crippen LogP contribution in [-0.2, 0) is 0 Å². The molecule has 0 aromatic carbocycles. The van der Waals surface area contributed by atoms with Crippen molar-refractivity contribution in [1.29, 1.82) is 0 Å². The third-order valence-corrected chi connectivity index (χ3v) is 3.29. The van der Waals surface area contributed by atoms with E-state index >= 15 is 0 Å². The number of hydrogen-bond acceptors (Lipinski definition) is 5. The molecule has 2 aromatic rings. The highest BCUT2D eigenvalue weighted by molar-refractivity contribution is 5.37. The zero-order valence-corrected chi connectivity index (χ0v) is 11.2. The monoisotopic (exact) mass is 255 g/mol. The van der Waals surface area contributed by atoms with Crippen molar-refractivity contribution in [3.05, 3.63) is 41.9 Å². The lowest BCUT2D eigenvalue weighted by Crippen LogP contribution is -2.17. The average molecular weight is 255 g/mol. The highest BCUT2D eigenvalue weighted by Gasteiger charge is 2.34. The van der Waals surface area contributed by atoms with Gasteiger partial charge in [-0.25, -0.2) is 19.9 Å². The van der Waals surface area contributed by atoms with E-state index in [1.54, 1.807) is 6.33 Å². The quantitative estimate of drug-likeness (QED) is 0.909. The van der Waals surface area contributed by atoms with Crippen LogP contribution in [0.4, 0.5) is 5.82 Å². The summed E-state index contributed by atoms with van der Waals surface area (Å²) in [5.74, 6) is 2.31. The summed E-state index contributed by atoms with van der Waals surface area (Å²) in [5.41, 5.74) is 1.95. The molecular weight excluding hydrogens is 238 g/mol. The van der Waals surface area contributed by atoms with Gasteiger partial charge in [-0.2, -0.15) is 0 Å². The Morgan fingerprint density at radius 3 is 2.68 bits per heavy atom. The van der Waals surface area contributed by atoms with Crippen LogP contribution in [0.3, 0.4) is 0 Å². The Morgan fingerprint density at radius 1 is 1.16 bits per heavy atom. The first-order chi connectivity index (χ1) is 9.22. The van der Waals surface area contributed by atoms with Crippen LogP contribution >= 0.6 is 0 Å². The molecule has 19 heavy (non-hydrogen) atoms. The van der Waals surface area contributed by atoms with Gasteiger partial charge in [0, 0.05) is 23.7 Å². The SMILES string of the molecule is Cc1cc(N[C@@H](c2nccc(C)n2)C2CC2)ncn1. The first-order valence-electron chi connectivity index (χ1n) is 6.57. The van der Waals surface area contributed by atoms with E-state index in [4.69, 9.17) is 0 Å². The smallest absolute Gasteiger partial charge is 0.151 e. The van der Waals surface area contributed by atoms with Crippen molar-refractivity contribution in [3.8, 4) is 0 Å². The second-order valence-corrected chi connectivity index (χ2v) is 5.06. The molecule has 2 aromatic heterocycles. The maximum atomic E-state index is 4.54. The van der Waals surface area contributed by atoms with Crippen molar-refractivity contribution in [2.75, 3.05) is 5.32 Å². The van der Waals surface area contributed by atoms with Crippen LogP contribution in [-0.4, -0.2) is 19.9 Å². The van der Waals surface area contributed by atoms with Gasteiger partial charge in [0.25, 0.3) is 0 Å². The summed E-state index contributed by atoms with van der Waals surface area (Å²) < 4.78 is 0. The van der Waals surface area contributed by atoms with Crippen molar-refractivity contribution >= 4 is 5.82 Å². The molecule has 3 rings (SSSR count). The molecule has 1 atom stereocenters. The van der Waals surface area contributed by atoms with Gasteiger partial charge in [-0.1, -0.05) is 0 Å². The standard InChI is InChI=1S/C14H17N5/c1-9-5-6-15-14(18-9)13(11-3-4-11)19-12-7-10(2)16-8-17-12/h5-8,11,13H,3-4H2,1-2H3,(H,16,17,19)/t13-/m1/s1. The van der Waals surface area contributed by atoms with E-state index in [9.17, 15) is 0 Å². The van der Waals surface area contributed by atoms with Crippen LogP contribution in [0.15, 0.2) is 24.7 Å². The van der Waals surface area contributed by atoms with Gasteiger partial charge < -0.3 is 5.32 Å². The lowest BCUT2D eigenvalue weighted by atomic mass is 10.1. The van der Waals surface area contributed by atoms with Gasteiger partial charge in [0.05, 0.1) is 6.04 Å². The summed E-state index contributed by atoms with van der Waals surface area (Å²) in [6, 6.07) is 4.02. The van der Waals surface area contributed by atoms with Gasteiger partial charge >= 0.3 is 0 Å². The molecule has 98 valence electrons. The lowest BCUT2D eigenvalue weighted by molar-refractivity contribution is 0.628. The van der Waals surface area contributed by atoms with Crippen molar-refractivity contribution in [1.82, 2.24) is 19.9 Å². The first-order valence-corrected chi connectivity index (χ1v) is 6.57. The fraction of sp³-hybridized carbons (Fsp3) is 0.429. The zero-order chi connectivity index (χ0) is 13.2. The Kier molecular flexibility index (Phi) is 3.11. The van der Waals surface area contributed by atoms with Gasteiger partial charge in [-0.3, -0.25) is 0 Å². The van der Waals surface area contributed by atoms with Crippen molar-refractivity contribution in [3.63, 3.8) is 0 Å². The zero-order valence-electron chi connectivity index (χ0n) is 11.2. The molecule has 0 spiro atoms. The Bertz CT molecular complexity index is 580. The Balaban J connectivity index is 1.86. The number of nitrogens with zero attached hydrogens (tertiary/aromatic N) is 4. The van der Waals surface area contributed by atoms with E-state index in [1.807, 2.05) is 32.2 Å². The second-order valence-electron chi connectivity index (χ2n) is 5.06. The molecule has 0 saturated heterocycles. The maximum absolute atomic E-state index is 4.54. The predicted octanol–water partition coefficient (Wildman–Crippen LogP) is 2.45. The largest absolute Gasteiger partial charge is 0.360 e. The van der Waals surface area contributed by atoms with Gasteiger partial charge in [0.1, 0.15) is 12.1 Å². The Labute approximate surface area is 112 Å². The molecule has 1 saturated carbocycles. The molecule has 1 fully saturated rings. The minimum absolute atomic E-state index is 0.147.